The maximum atomic E-state index is 11.9. The van der Waals surface area contributed by atoms with Gasteiger partial charge in [-0.3, -0.25) is 10.1 Å². The number of hydrogen-bond acceptors (Lipinski definition) is 7. The standard InChI is InChI=1S/C12H14N4O6S/c1-3-8-21-11-13-12(15(2)23(19,20)14-11)22-10-6-4-9(5-7-10)16(17)18/h4-7H,3,8H2,1-2H3. The van der Waals surface area contributed by atoms with Gasteiger partial charge in [0.15, 0.2) is 0 Å². The first-order valence-electron chi connectivity index (χ1n) is 6.56. The normalized spacial score (nSPS) is 16.3. The smallest absolute Gasteiger partial charge is 0.352 e. The third-order valence-electron chi connectivity index (χ3n) is 2.69. The van der Waals surface area contributed by atoms with E-state index < -0.39 is 15.1 Å². The Morgan fingerprint density at radius 3 is 2.52 bits per heavy atom. The molecule has 0 amide bonds. The predicted octanol–water partition coefficient (Wildman–Crippen LogP) is 1.30. The van der Waals surface area contributed by atoms with Crippen molar-refractivity contribution >= 4 is 27.9 Å². The minimum Gasteiger partial charge on any atom is -0.463 e. The zero-order valence-electron chi connectivity index (χ0n) is 12.4. The van der Waals surface area contributed by atoms with Crippen molar-refractivity contribution in [2.24, 2.45) is 9.39 Å². The summed E-state index contributed by atoms with van der Waals surface area (Å²) in [5.74, 6) is 0.188. The molecule has 0 atom stereocenters. The van der Waals surface area contributed by atoms with E-state index in [1.165, 1.54) is 31.3 Å². The highest BCUT2D eigenvalue weighted by molar-refractivity contribution is 7.88. The molecule has 0 aliphatic carbocycles. The molecule has 0 aromatic heterocycles. The second kappa shape index (κ2) is 6.60. The summed E-state index contributed by atoms with van der Waals surface area (Å²) in [4.78, 5) is 13.9. The second-order valence-electron chi connectivity index (χ2n) is 4.42. The number of benzene rings is 1. The van der Waals surface area contributed by atoms with Gasteiger partial charge in [-0.1, -0.05) is 11.3 Å². The Kier molecular flexibility index (Phi) is 4.79. The Bertz CT molecular complexity index is 756. The fraction of sp³-hybridized carbons (Fsp3) is 0.333. The lowest BCUT2D eigenvalue weighted by Gasteiger charge is -2.21. The largest absolute Gasteiger partial charge is 0.463 e. The molecule has 23 heavy (non-hydrogen) atoms. The highest BCUT2D eigenvalue weighted by Gasteiger charge is 2.29. The second-order valence-corrected chi connectivity index (χ2v) is 6.04. The van der Waals surface area contributed by atoms with Crippen LogP contribution < -0.4 is 4.74 Å². The lowest BCUT2D eigenvalue weighted by molar-refractivity contribution is -0.384. The Hall–Kier alpha value is -2.69. The number of ether oxygens (including phenoxy) is 2. The van der Waals surface area contributed by atoms with Gasteiger partial charge in [-0.15, -0.1) is 4.99 Å². The lowest BCUT2D eigenvalue weighted by atomic mass is 10.3. The molecule has 1 aliphatic rings. The molecule has 0 saturated heterocycles. The van der Waals surface area contributed by atoms with E-state index in [1.54, 1.807) is 0 Å². The van der Waals surface area contributed by atoms with Gasteiger partial charge < -0.3 is 9.47 Å². The van der Waals surface area contributed by atoms with Gasteiger partial charge in [0, 0.05) is 19.2 Å². The molecule has 0 unspecified atom stereocenters. The van der Waals surface area contributed by atoms with Crippen molar-refractivity contribution in [1.82, 2.24) is 4.31 Å². The summed E-state index contributed by atoms with van der Waals surface area (Å²) in [6.07, 6.45) is 0.656. The van der Waals surface area contributed by atoms with E-state index in [0.29, 0.717) is 6.42 Å². The van der Waals surface area contributed by atoms with E-state index in [9.17, 15) is 18.5 Å². The number of nitro groups is 1. The van der Waals surface area contributed by atoms with E-state index in [-0.39, 0.29) is 30.1 Å². The molecule has 0 bridgehead atoms. The first-order valence-corrected chi connectivity index (χ1v) is 7.96. The highest BCUT2D eigenvalue weighted by Crippen LogP contribution is 2.19. The number of rotatable bonds is 4. The summed E-state index contributed by atoms with van der Waals surface area (Å²) < 4.78 is 38.4. The number of nitro benzene ring substituents is 1. The fourth-order valence-corrected chi connectivity index (χ4v) is 2.20. The molecule has 1 aliphatic heterocycles. The average molecular weight is 342 g/mol. The number of nitrogens with zero attached hydrogens (tertiary/aromatic N) is 4. The molecule has 0 spiro atoms. The molecule has 0 N–H and O–H groups in total. The van der Waals surface area contributed by atoms with Crippen molar-refractivity contribution in [3.05, 3.63) is 34.4 Å². The van der Waals surface area contributed by atoms with Crippen LogP contribution in [-0.4, -0.2) is 43.3 Å². The topological polar surface area (TPSA) is 124 Å². The third kappa shape index (κ3) is 3.94. The summed E-state index contributed by atoms with van der Waals surface area (Å²) >= 11 is 0. The molecule has 0 fully saturated rings. The van der Waals surface area contributed by atoms with Gasteiger partial charge in [0.25, 0.3) is 5.69 Å². The number of amidine groups is 2. The third-order valence-corrected chi connectivity index (χ3v) is 3.93. The zero-order chi connectivity index (χ0) is 17.0. The van der Waals surface area contributed by atoms with Gasteiger partial charge in [-0.05, 0) is 18.6 Å². The fourth-order valence-electron chi connectivity index (χ4n) is 1.51. The van der Waals surface area contributed by atoms with Crippen molar-refractivity contribution < 1.29 is 22.8 Å². The summed E-state index contributed by atoms with van der Waals surface area (Å²) in [7, 11) is -2.78. The van der Waals surface area contributed by atoms with Gasteiger partial charge in [0.2, 0.25) is 0 Å². The quantitative estimate of drug-likeness (QED) is 0.600. The summed E-state index contributed by atoms with van der Waals surface area (Å²) in [5, 5.41) is 10.6. The van der Waals surface area contributed by atoms with Crippen LogP contribution in [-0.2, 0) is 14.9 Å². The van der Waals surface area contributed by atoms with Crippen LogP contribution in [0.5, 0.6) is 5.75 Å². The molecule has 1 aromatic carbocycles. The maximum absolute atomic E-state index is 11.9. The van der Waals surface area contributed by atoms with Gasteiger partial charge >= 0.3 is 22.3 Å². The summed E-state index contributed by atoms with van der Waals surface area (Å²) in [6.45, 7) is 2.11. The molecule has 10 nitrogen and oxygen atoms in total. The lowest BCUT2D eigenvalue weighted by Crippen LogP contribution is -2.39. The molecule has 11 heteroatoms. The molecular formula is C12H14N4O6S. The van der Waals surface area contributed by atoms with Crippen molar-refractivity contribution in [3.63, 3.8) is 0 Å². The van der Waals surface area contributed by atoms with E-state index in [1.807, 2.05) is 6.92 Å². The van der Waals surface area contributed by atoms with Gasteiger partial charge in [0.1, 0.15) is 5.75 Å². The minimum absolute atomic E-state index is 0.113. The SMILES string of the molecule is CCCOC1=NS(=O)(=O)N(C)C(Oc2ccc([N+](=O)[O-])cc2)=N1. The van der Waals surface area contributed by atoms with Crippen LogP contribution in [0.15, 0.2) is 33.7 Å². The molecule has 0 radical (unpaired) electrons. The summed E-state index contributed by atoms with van der Waals surface area (Å²) in [5.41, 5.74) is -0.113. The Balaban J connectivity index is 2.24. The first kappa shape index (κ1) is 16.7. The van der Waals surface area contributed by atoms with E-state index >= 15 is 0 Å². The summed E-state index contributed by atoms with van der Waals surface area (Å²) in [6, 6.07) is 4.55. The maximum Gasteiger partial charge on any atom is 0.352 e. The van der Waals surface area contributed by atoms with Crippen LogP contribution in [0.25, 0.3) is 0 Å². The van der Waals surface area contributed by atoms with E-state index in [0.717, 1.165) is 4.31 Å². The van der Waals surface area contributed by atoms with E-state index in [4.69, 9.17) is 9.47 Å². The van der Waals surface area contributed by atoms with Crippen LogP contribution in [0.2, 0.25) is 0 Å². The Labute approximate surface area is 132 Å². The van der Waals surface area contributed by atoms with Crippen LogP contribution in [0.1, 0.15) is 13.3 Å². The molecule has 124 valence electrons. The van der Waals surface area contributed by atoms with Crippen LogP contribution in [0, 0.1) is 10.1 Å². The first-order chi connectivity index (χ1) is 10.8. The molecule has 1 heterocycles. The highest BCUT2D eigenvalue weighted by atomic mass is 32.2. The zero-order valence-corrected chi connectivity index (χ0v) is 13.2. The predicted molar refractivity (Wildman–Crippen MR) is 81.5 cm³/mol. The van der Waals surface area contributed by atoms with Gasteiger partial charge in [-0.2, -0.15) is 8.42 Å². The minimum atomic E-state index is -4.00. The van der Waals surface area contributed by atoms with Crippen molar-refractivity contribution in [3.8, 4) is 5.75 Å². The number of hydrogen-bond donors (Lipinski definition) is 0. The molecule has 1 aromatic rings. The monoisotopic (exact) mass is 342 g/mol. The van der Waals surface area contributed by atoms with Crippen molar-refractivity contribution in [2.45, 2.75) is 13.3 Å². The van der Waals surface area contributed by atoms with Crippen LogP contribution >= 0.6 is 0 Å². The van der Waals surface area contributed by atoms with Gasteiger partial charge in [-0.25, -0.2) is 4.31 Å². The van der Waals surface area contributed by atoms with Crippen molar-refractivity contribution in [2.75, 3.05) is 13.7 Å². The van der Waals surface area contributed by atoms with Crippen molar-refractivity contribution in [1.29, 1.82) is 0 Å². The van der Waals surface area contributed by atoms with Crippen LogP contribution in [0.4, 0.5) is 5.69 Å². The van der Waals surface area contributed by atoms with Gasteiger partial charge in [0.05, 0.1) is 11.5 Å². The molecule has 0 saturated carbocycles. The number of aliphatic imine (C=N–C) groups is 1. The molecule has 2 rings (SSSR count). The Morgan fingerprint density at radius 1 is 1.30 bits per heavy atom. The Morgan fingerprint density at radius 2 is 1.96 bits per heavy atom. The molecular weight excluding hydrogens is 328 g/mol. The van der Waals surface area contributed by atoms with E-state index in [2.05, 4.69) is 9.39 Å². The average Bonchev–Trinajstić information content (AvgIpc) is 2.50. The number of non-ortho nitro benzene ring substituents is 1. The van der Waals surface area contributed by atoms with Crippen LogP contribution in [0.3, 0.4) is 0 Å².